The highest BCUT2D eigenvalue weighted by atomic mass is 35.5. The maximum Gasteiger partial charge on any atom is 0.287 e. The van der Waals surface area contributed by atoms with Gasteiger partial charge in [0.25, 0.3) is 5.91 Å². The van der Waals surface area contributed by atoms with Gasteiger partial charge in [-0.05, 0) is 37.1 Å². The third-order valence-electron chi connectivity index (χ3n) is 3.21. The summed E-state index contributed by atoms with van der Waals surface area (Å²) in [5.74, 6) is -0.561. The molecule has 2 N–H and O–H groups in total. The summed E-state index contributed by atoms with van der Waals surface area (Å²) >= 11 is 12.0. The molecule has 1 aromatic heterocycles. The van der Waals surface area contributed by atoms with Crippen LogP contribution < -0.4 is 10.6 Å². The summed E-state index contributed by atoms with van der Waals surface area (Å²) in [6.07, 6.45) is 1.94. The van der Waals surface area contributed by atoms with Gasteiger partial charge in [-0.1, -0.05) is 35.3 Å². The third-order valence-corrected chi connectivity index (χ3v) is 4.07. The van der Waals surface area contributed by atoms with Crippen LogP contribution in [0.4, 0.5) is 0 Å². The second-order valence-electron chi connectivity index (χ2n) is 4.93. The Hall–Kier alpha value is -1.98. The minimum atomic E-state index is -0.678. The van der Waals surface area contributed by atoms with Gasteiger partial charge < -0.3 is 15.1 Å². The molecule has 122 valence electrons. The number of hydrogen-bond donors (Lipinski definition) is 2. The average Bonchev–Trinajstić information content (AvgIpc) is 3.05. The molecule has 1 unspecified atom stereocenters. The second kappa shape index (κ2) is 8.04. The lowest BCUT2D eigenvalue weighted by atomic mass is 10.1. The lowest BCUT2D eigenvalue weighted by Gasteiger charge is -2.13. The van der Waals surface area contributed by atoms with Crippen LogP contribution in [-0.2, 0) is 11.2 Å². The maximum absolute atomic E-state index is 12.0. The van der Waals surface area contributed by atoms with Crippen molar-refractivity contribution in [2.45, 2.75) is 19.4 Å². The van der Waals surface area contributed by atoms with E-state index in [1.54, 1.807) is 25.1 Å². The fourth-order valence-corrected chi connectivity index (χ4v) is 2.37. The van der Waals surface area contributed by atoms with Gasteiger partial charge in [0.15, 0.2) is 5.76 Å². The van der Waals surface area contributed by atoms with E-state index in [0.29, 0.717) is 23.0 Å². The van der Waals surface area contributed by atoms with E-state index in [-0.39, 0.29) is 11.7 Å². The summed E-state index contributed by atoms with van der Waals surface area (Å²) in [6.45, 7) is 1.99. The number of carbonyl (C=O) groups excluding carboxylic acids is 2. The zero-order valence-corrected chi connectivity index (χ0v) is 13.9. The van der Waals surface area contributed by atoms with Crippen molar-refractivity contribution in [3.8, 4) is 0 Å². The van der Waals surface area contributed by atoms with Crippen LogP contribution in [0.25, 0.3) is 0 Å². The number of nitrogens with one attached hydrogen (secondary N) is 2. The van der Waals surface area contributed by atoms with Gasteiger partial charge in [0, 0.05) is 6.54 Å². The van der Waals surface area contributed by atoms with Crippen molar-refractivity contribution >= 4 is 35.0 Å². The van der Waals surface area contributed by atoms with Crippen molar-refractivity contribution < 1.29 is 14.0 Å². The molecule has 2 aromatic rings. The van der Waals surface area contributed by atoms with E-state index in [1.165, 1.54) is 12.3 Å². The molecule has 0 spiro atoms. The summed E-state index contributed by atoms with van der Waals surface area (Å²) < 4.78 is 4.97. The standard InChI is InChI=1S/C16H16Cl2N2O3/c1-10(20-16(22)13-6-3-9-23-13)15(21)19-8-7-11-4-2-5-12(17)14(11)18/h2-6,9-10H,7-8H2,1H3,(H,19,21)(H,20,22). The Kier molecular flexibility index (Phi) is 6.07. The van der Waals surface area contributed by atoms with Crippen molar-refractivity contribution in [1.29, 1.82) is 0 Å². The van der Waals surface area contributed by atoms with Crippen molar-refractivity contribution in [3.63, 3.8) is 0 Å². The number of furan rings is 1. The first-order valence-corrected chi connectivity index (χ1v) is 7.79. The van der Waals surface area contributed by atoms with Crippen LogP contribution in [0.2, 0.25) is 10.0 Å². The lowest BCUT2D eigenvalue weighted by Crippen LogP contribution is -2.45. The van der Waals surface area contributed by atoms with Crippen LogP contribution in [0.3, 0.4) is 0 Å². The quantitative estimate of drug-likeness (QED) is 0.837. The van der Waals surface area contributed by atoms with Crippen LogP contribution in [0.15, 0.2) is 41.0 Å². The van der Waals surface area contributed by atoms with Crippen LogP contribution in [-0.4, -0.2) is 24.4 Å². The number of amides is 2. The van der Waals surface area contributed by atoms with E-state index < -0.39 is 11.9 Å². The number of hydrogen-bond acceptors (Lipinski definition) is 3. The first kappa shape index (κ1) is 17.4. The summed E-state index contributed by atoms with van der Waals surface area (Å²) in [4.78, 5) is 23.8. The van der Waals surface area contributed by atoms with E-state index in [0.717, 1.165) is 5.56 Å². The van der Waals surface area contributed by atoms with Gasteiger partial charge in [0.1, 0.15) is 6.04 Å². The Morgan fingerprint density at radius 1 is 1.22 bits per heavy atom. The molecule has 1 aromatic carbocycles. The van der Waals surface area contributed by atoms with E-state index in [2.05, 4.69) is 10.6 Å². The van der Waals surface area contributed by atoms with Gasteiger partial charge in [-0.2, -0.15) is 0 Å². The first-order valence-electron chi connectivity index (χ1n) is 7.04. The van der Waals surface area contributed by atoms with Crippen molar-refractivity contribution in [2.24, 2.45) is 0 Å². The summed E-state index contributed by atoms with van der Waals surface area (Å²) in [5, 5.41) is 6.27. The van der Waals surface area contributed by atoms with Crippen molar-refractivity contribution in [2.75, 3.05) is 6.54 Å². The smallest absolute Gasteiger partial charge is 0.287 e. The second-order valence-corrected chi connectivity index (χ2v) is 5.71. The highest BCUT2D eigenvalue weighted by Crippen LogP contribution is 2.25. The molecule has 1 atom stereocenters. The molecule has 1 heterocycles. The van der Waals surface area contributed by atoms with Crippen molar-refractivity contribution in [1.82, 2.24) is 10.6 Å². The average molecular weight is 355 g/mol. The first-order chi connectivity index (χ1) is 11.0. The lowest BCUT2D eigenvalue weighted by molar-refractivity contribution is -0.122. The van der Waals surface area contributed by atoms with Gasteiger partial charge in [-0.15, -0.1) is 0 Å². The number of rotatable bonds is 6. The maximum atomic E-state index is 12.0. The number of halogens is 2. The molecule has 23 heavy (non-hydrogen) atoms. The zero-order chi connectivity index (χ0) is 16.8. The SMILES string of the molecule is CC(NC(=O)c1ccco1)C(=O)NCCc1cccc(Cl)c1Cl. The van der Waals surface area contributed by atoms with Crippen LogP contribution in [0, 0.1) is 0 Å². The fourth-order valence-electron chi connectivity index (χ4n) is 1.96. The Bertz CT molecular complexity index is 687. The number of carbonyl (C=O) groups is 2. The largest absolute Gasteiger partial charge is 0.459 e. The highest BCUT2D eigenvalue weighted by Gasteiger charge is 2.17. The molecular weight excluding hydrogens is 339 g/mol. The van der Waals surface area contributed by atoms with Gasteiger partial charge in [0.2, 0.25) is 5.91 Å². The van der Waals surface area contributed by atoms with Crippen molar-refractivity contribution in [3.05, 3.63) is 58.0 Å². The molecule has 2 amide bonds. The molecule has 0 aliphatic carbocycles. The molecule has 0 saturated carbocycles. The molecule has 0 bridgehead atoms. The molecule has 2 rings (SSSR count). The van der Waals surface area contributed by atoms with Crippen LogP contribution in [0.5, 0.6) is 0 Å². The van der Waals surface area contributed by atoms with E-state index in [1.807, 2.05) is 6.07 Å². The molecule has 0 aliphatic rings. The summed E-state index contributed by atoms with van der Waals surface area (Å²) in [6, 6.07) is 7.82. The minimum absolute atomic E-state index is 0.162. The van der Waals surface area contributed by atoms with Crippen LogP contribution in [0.1, 0.15) is 23.0 Å². The number of benzene rings is 1. The third kappa shape index (κ3) is 4.74. The topological polar surface area (TPSA) is 71.3 Å². The predicted molar refractivity (Wildman–Crippen MR) is 88.8 cm³/mol. The Morgan fingerprint density at radius 2 is 2.00 bits per heavy atom. The monoisotopic (exact) mass is 354 g/mol. The zero-order valence-electron chi connectivity index (χ0n) is 12.4. The molecule has 5 nitrogen and oxygen atoms in total. The molecule has 0 aliphatic heterocycles. The van der Waals surface area contributed by atoms with E-state index in [4.69, 9.17) is 27.6 Å². The molecule has 7 heteroatoms. The fraction of sp³-hybridized carbons (Fsp3) is 0.250. The van der Waals surface area contributed by atoms with Gasteiger partial charge in [0.05, 0.1) is 16.3 Å². The molecule has 0 fully saturated rings. The molecular formula is C16H16Cl2N2O3. The molecule has 0 radical (unpaired) electrons. The van der Waals surface area contributed by atoms with Gasteiger partial charge in [-0.3, -0.25) is 9.59 Å². The Labute approximate surface area is 144 Å². The summed E-state index contributed by atoms with van der Waals surface area (Å²) in [7, 11) is 0. The summed E-state index contributed by atoms with van der Waals surface area (Å²) in [5.41, 5.74) is 0.853. The predicted octanol–water partition coefficient (Wildman–Crippen LogP) is 3.06. The van der Waals surface area contributed by atoms with Gasteiger partial charge in [-0.25, -0.2) is 0 Å². The highest BCUT2D eigenvalue weighted by molar-refractivity contribution is 6.42. The normalized spacial score (nSPS) is 11.8. The van der Waals surface area contributed by atoms with Crippen LogP contribution >= 0.6 is 23.2 Å². The van der Waals surface area contributed by atoms with Gasteiger partial charge >= 0.3 is 0 Å². The van der Waals surface area contributed by atoms with E-state index >= 15 is 0 Å². The molecule has 0 saturated heterocycles. The van der Waals surface area contributed by atoms with E-state index in [9.17, 15) is 9.59 Å². The Morgan fingerprint density at radius 3 is 2.70 bits per heavy atom. The minimum Gasteiger partial charge on any atom is -0.459 e. The Balaban J connectivity index is 1.80.